The van der Waals surface area contributed by atoms with Crippen LogP contribution in [0.1, 0.15) is 22.7 Å². The molecule has 184 valence electrons. The molecular formula is C27H24FN3O5. The first kappa shape index (κ1) is 24.5. The van der Waals surface area contributed by atoms with E-state index in [0.29, 0.717) is 45.7 Å². The van der Waals surface area contributed by atoms with Gasteiger partial charge in [-0.25, -0.2) is 9.37 Å². The van der Waals surface area contributed by atoms with Gasteiger partial charge in [-0.2, -0.15) is 0 Å². The van der Waals surface area contributed by atoms with Gasteiger partial charge >= 0.3 is 0 Å². The average Bonchev–Trinajstić information content (AvgIpc) is 3.37. The number of ether oxygens (including phenoxy) is 2. The first-order valence-corrected chi connectivity index (χ1v) is 11.1. The highest BCUT2D eigenvalue weighted by atomic mass is 19.1. The van der Waals surface area contributed by atoms with E-state index in [1.165, 1.54) is 26.5 Å². The maximum Gasteiger partial charge on any atom is 0.255 e. The molecule has 0 unspecified atom stereocenters. The summed E-state index contributed by atoms with van der Waals surface area (Å²) >= 11 is 0. The van der Waals surface area contributed by atoms with Crippen LogP contribution >= 0.6 is 0 Å². The van der Waals surface area contributed by atoms with Crippen LogP contribution in [0, 0.1) is 5.82 Å². The van der Waals surface area contributed by atoms with E-state index in [9.17, 15) is 14.0 Å². The van der Waals surface area contributed by atoms with Crippen LogP contribution in [0.4, 0.5) is 15.8 Å². The molecule has 1 aromatic heterocycles. The van der Waals surface area contributed by atoms with Crippen LogP contribution in [-0.2, 0) is 11.2 Å². The number of nitrogens with zero attached hydrogens (tertiary/aromatic N) is 1. The van der Waals surface area contributed by atoms with Crippen LogP contribution in [-0.4, -0.2) is 31.0 Å². The Labute approximate surface area is 207 Å². The molecule has 0 spiro atoms. The number of amides is 2. The number of benzene rings is 3. The molecular weight excluding hydrogens is 465 g/mol. The number of rotatable bonds is 9. The molecule has 4 rings (SSSR count). The molecule has 2 amide bonds. The van der Waals surface area contributed by atoms with Gasteiger partial charge in [0, 0.05) is 30.5 Å². The molecule has 4 aromatic rings. The molecule has 36 heavy (non-hydrogen) atoms. The Kier molecular flexibility index (Phi) is 7.60. The van der Waals surface area contributed by atoms with Crippen LogP contribution < -0.4 is 20.1 Å². The molecule has 1 heterocycles. The number of halogens is 1. The fraction of sp³-hybridized carbons (Fsp3) is 0.148. The molecule has 3 aromatic carbocycles. The summed E-state index contributed by atoms with van der Waals surface area (Å²) in [4.78, 5) is 29.3. The Morgan fingerprint density at radius 1 is 0.917 bits per heavy atom. The SMILES string of the molecule is COc1cc(NC(=O)c2ccccc2)c(OC)cc1NC(=O)CCc1ncc(-c2ccccc2F)o1. The number of nitrogens with one attached hydrogen (secondary N) is 2. The number of oxazole rings is 1. The molecule has 2 N–H and O–H groups in total. The smallest absolute Gasteiger partial charge is 0.255 e. The lowest BCUT2D eigenvalue weighted by molar-refractivity contribution is -0.116. The zero-order valence-electron chi connectivity index (χ0n) is 19.7. The number of methoxy groups -OCH3 is 2. The Morgan fingerprint density at radius 2 is 1.56 bits per heavy atom. The molecule has 0 bridgehead atoms. The highest BCUT2D eigenvalue weighted by molar-refractivity contribution is 6.05. The van der Waals surface area contributed by atoms with Crippen LogP contribution in [0.25, 0.3) is 11.3 Å². The van der Waals surface area contributed by atoms with Gasteiger partial charge in [0.1, 0.15) is 17.3 Å². The van der Waals surface area contributed by atoms with Gasteiger partial charge in [0.15, 0.2) is 11.7 Å². The van der Waals surface area contributed by atoms with Gasteiger partial charge in [-0.05, 0) is 24.3 Å². The maximum absolute atomic E-state index is 14.0. The number of carbonyl (C=O) groups excluding carboxylic acids is 2. The largest absolute Gasteiger partial charge is 0.494 e. The number of hydrogen-bond acceptors (Lipinski definition) is 6. The third-order valence-electron chi connectivity index (χ3n) is 5.34. The van der Waals surface area contributed by atoms with E-state index >= 15 is 0 Å². The van der Waals surface area contributed by atoms with Crippen molar-refractivity contribution in [2.24, 2.45) is 0 Å². The fourth-order valence-electron chi connectivity index (χ4n) is 3.52. The summed E-state index contributed by atoms with van der Waals surface area (Å²) in [7, 11) is 2.92. The molecule has 0 radical (unpaired) electrons. The molecule has 0 atom stereocenters. The normalized spacial score (nSPS) is 10.5. The summed E-state index contributed by atoms with van der Waals surface area (Å²) in [5, 5.41) is 5.58. The molecule has 0 saturated heterocycles. The van der Waals surface area contributed by atoms with Gasteiger partial charge in [0.05, 0.1) is 37.4 Å². The Hall–Kier alpha value is -4.66. The van der Waals surface area contributed by atoms with E-state index < -0.39 is 5.82 Å². The first-order chi connectivity index (χ1) is 17.5. The molecule has 0 aliphatic heterocycles. The van der Waals surface area contributed by atoms with Crippen LogP contribution in [0.15, 0.2) is 77.3 Å². The third kappa shape index (κ3) is 5.69. The Balaban J connectivity index is 1.43. The molecule has 0 saturated carbocycles. The summed E-state index contributed by atoms with van der Waals surface area (Å²) in [6.45, 7) is 0. The standard InChI is InChI=1S/C27H24FN3O5/c1-34-22-15-21(31-27(33)17-8-4-3-5-9-17)23(35-2)14-20(22)30-25(32)12-13-26-29-16-24(36-26)18-10-6-7-11-19(18)28/h3-11,14-16H,12-13H2,1-2H3,(H,30,32)(H,31,33). The van der Waals surface area contributed by atoms with Crippen molar-refractivity contribution >= 4 is 23.2 Å². The summed E-state index contributed by atoms with van der Waals surface area (Å²) < 4.78 is 30.4. The number of anilines is 2. The van der Waals surface area contributed by atoms with E-state index in [2.05, 4.69) is 15.6 Å². The second kappa shape index (κ2) is 11.2. The minimum atomic E-state index is -0.414. The summed E-state index contributed by atoms with van der Waals surface area (Å²) in [6, 6.07) is 18.1. The number of aryl methyl sites for hydroxylation is 1. The highest BCUT2D eigenvalue weighted by Crippen LogP contribution is 2.37. The molecule has 9 heteroatoms. The molecule has 0 aliphatic rings. The number of aromatic nitrogens is 1. The molecule has 0 aliphatic carbocycles. The lowest BCUT2D eigenvalue weighted by Gasteiger charge is -2.16. The minimum Gasteiger partial charge on any atom is -0.494 e. The second-order valence-electron chi connectivity index (χ2n) is 7.72. The summed E-state index contributed by atoms with van der Waals surface area (Å²) in [5.41, 5.74) is 1.55. The van der Waals surface area contributed by atoms with E-state index in [-0.39, 0.29) is 24.7 Å². The van der Waals surface area contributed by atoms with Crippen molar-refractivity contribution in [1.29, 1.82) is 0 Å². The lowest BCUT2D eigenvalue weighted by Crippen LogP contribution is -2.15. The van der Waals surface area contributed by atoms with Crippen molar-refractivity contribution in [2.45, 2.75) is 12.8 Å². The van der Waals surface area contributed by atoms with Crippen molar-refractivity contribution in [2.75, 3.05) is 24.9 Å². The second-order valence-corrected chi connectivity index (χ2v) is 7.72. The van der Waals surface area contributed by atoms with Gasteiger partial charge < -0.3 is 24.5 Å². The highest BCUT2D eigenvalue weighted by Gasteiger charge is 2.17. The summed E-state index contributed by atoms with van der Waals surface area (Å²) in [6.07, 6.45) is 1.71. The quantitative estimate of drug-likeness (QED) is 0.330. The molecule has 8 nitrogen and oxygen atoms in total. The predicted molar refractivity (Wildman–Crippen MR) is 133 cm³/mol. The lowest BCUT2D eigenvalue weighted by atomic mass is 10.2. The average molecular weight is 490 g/mol. The zero-order chi connectivity index (χ0) is 25.5. The molecule has 0 fully saturated rings. The maximum atomic E-state index is 14.0. The summed E-state index contributed by atoms with van der Waals surface area (Å²) in [5.74, 6) is 0.246. The van der Waals surface area contributed by atoms with Crippen molar-refractivity contribution in [3.8, 4) is 22.8 Å². The topological polar surface area (TPSA) is 103 Å². The van der Waals surface area contributed by atoms with Crippen LogP contribution in [0.2, 0.25) is 0 Å². The van der Waals surface area contributed by atoms with E-state index in [1.54, 1.807) is 54.6 Å². The van der Waals surface area contributed by atoms with Crippen LogP contribution in [0.5, 0.6) is 11.5 Å². The van der Waals surface area contributed by atoms with Gasteiger partial charge in [-0.3, -0.25) is 9.59 Å². The van der Waals surface area contributed by atoms with Gasteiger partial charge in [0.2, 0.25) is 5.91 Å². The third-order valence-corrected chi connectivity index (χ3v) is 5.34. The van der Waals surface area contributed by atoms with Crippen molar-refractivity contribution in [3.05, 3.63) is 90.2 Å². The van der Waals surface area contributed by atoms with Gasteiger partial charge in [0.25, 0.3) is 5.91 Å². The monoisotopic (exact) mass is 489 g/mol. The fourth-order valence-corrected chi connectivity index (χ4v) is 3.52. The van der Waals surface area contributed by atoms with Crippen molar-refractivity contribution in [1.82, 2.24) is 4.98 Å². The number of carbonyl (C=O) groups is 2. The van der Waals surface area contributed by atoms with Gasteiger partial charge in [-0.15, -0.1) is 0 Å². The zero-order valence-corrected chi connectivity index (χ0v) is 19.7. The van der Waals surface area contributed by atoms with Crippen molar-refractivity contribution in [3.63, 3.8) is 0 Å². The van der Waals surface area contributed by atoms with Gasteiger partial charge in [-0.1, -0.05) is 30.3 Å². The van der Waals surface area contributed by atoms with E-state index in [4.69, 9.17) is 13.9 Å². The van der Waals surface area contributed by atoms with Crippen molar-refractivity contribution < 1.29 is 27.9 Å². The Morgan fingerprint density at radius 3 is 2.22 bits per heavy atom. The van der Waals surface area contributed by atoms with E-state index in [0.717, 1.165) is 0 Å². The predicted octanol–water partition coefficient (Wildman–Crippen LogP) is 5.32. The van der Waals surface area contributed by atoms with Crippen LogP contribution in [0.3, 0.4) is 0 Å². The minimum absolute atomic E-state index is 0.0647. The first-order valence-electron chi connectivity index (χ1n) is 11.1. The van der Waals surface area contributed by atoms with E-state index in [1.807, 2.05) is 6.07 Å². The Bertz CT molecular complexity index is 1370. The number of hydrogen-bond donors (Lipinski definition) is 2.